The molecule has 0 aliphatic rings. The van der Waals surface area contributed by atoms with Crippen molar-refractivity contribution in [1.82, 2.24) is 19.4 Å². The largest absolute Gasteiger partial charge is 0.435 e. The number of halogens is 4. The Hall–Kier alpha value is -3.13. The molecule has 0 radical (unpaired) electrons. The molecule has 0 saturated carbocycles. The minimum Gasteiger partial charge on any atom is -0.435 e. The maximum atomic E-state index is 14.6. The molecule has 0 fully saturated rings. The van der Waals surface area contributed by atoms with E-state index in [4.69, 9.17) is 11.6 Å². The van der Waals surface area contributed by atoms with Crippen molar-refractivity contribution in [2.75, 3.05) is 0 Å². The van der Waals surface area contributed by atoms with Gasteiger partial charge in [-0.1, -0.05) is 18.2 Å². The summed E-state index contributed by atoms with van der Waals surface area (Å²) in [6.45, 7) is -1.15. The minimum atomic E-state index is -2.93. The average Bonchev–Trinajstić information content (AvgIpc) is 2.97. The Morgan fingerprint density at radius 3 is 2.62 bits per heavy atom. The SMILES string of the molecule is Cc1nc2cc(F)c(-c3cnc(Cl)nc3)cn2c1Cc1ccccc1OC(F)F. The third-order valence-electron chi connectivity index (χ3n) is 4.49. The van der Waals surface area contributed by atoms with E-state index in [0.29, 0.717) is 22.5 Å². The molecule has 29 heavy (non-hydrogen) atoms. The van der Waals surface area contributed by atoms with Gasteiger partial charge in [-0.25, -0.2) is 19.3 Å². The molecule has 0 amide bonds. The van der Waals surface area contributed by atoms with Crippen LogP contribution in [0.5, 0.6) is 5.75 Å². The van der Waals surface area contributed by atoms with Gasteiger partial charge in [-0.15, -0.1) is 0 Å². The van der Waals surface area contributed by atoms with Crippen LogP contribution in [0.3, 0.4) is 0 Å². The van der Waals surface area contributed by atoms with Crippen LogP contribution in [0.4, 0.5) is 13.2 Å². The predicted octanol–water partition coefficient (Wildman–Crippen LogP) is 5.08. The molecule has 0 aliphatic carbocycles. The van der Waals surface area contributed by atoms with Gasteiger partial charge in [0.2, 0.25) is 5.28 Å². The van der Waals surface area contributed by atoms with E-state index >= 15 is 0 Å². The molecule has 0 spiro atoms. The van der Waals surface area contributed by atoms with Gasteiger partial charge < -0.3 is 9.14 Å². The van der Waals surface area contributed by atoms with Crippen LogP contribution in [0.15, 0.2) is 48.9 Å². The number of aryl methyl sites for hydroxylation is 1. The maximum absolute atomic E-state index is 14.6. The van der Waals surface area contributed by atoms with Gasteiger partial charge in [0.15, 0.2) is 0 Å². The number of fused-ring (bicyclic) bond motifs is 1. The fourth-order valence-corrected chi connectivity index (χ4v) is 3.25. The van der Waals surface area contributed by atoms with E-state index in [-0.39, 0.29) is 23.0 Å². The third-order valence-corrected chi connectivity index (χ3v) is 4.68. The molecule has 0 atom stereocenters. The number of aromatic nitrogens is 4. The molecule has 0 aliphatic heterocycles. The number of imidazole rings is 1. The number of pyridine rings is 1. The van der Waals surface area contributed by atoms with Crippen molar-refractivity contribution >= 4 is 17.2 Å². The Balaban J connectivity index is 1.81. The average molecular weight is 419 g/mol. The van der Waals surface area contributed by atoms with Crippen LogP contribution in [-0.4, -0.2) is 26.0 Å². The fraction of sp³-hybridized carbons (Fsp3) is 0.150. The van der Waals surface area contributed by atoms with Crippen LogP contribution >= 0.6 is 11.6 Å². The van der Waals surface area contributed by atoms with Gasteiger partial charge in [0.1, 0.15) is 17.2 Å². The van der Waals surface area contributed by atoms with Crippen LogP contribution in [0.25, 0.3) is 16.8 Å². The summed E-state index contributed by atoms with van der Waals surface area (Å²) in [5.74, 6) is -0.397. The number of hydrogen-bond acceptors (Lipinski definition) is 4. The maximum Gasteiger partial charge on any atom is 0.387 e. The van der Waals surface area contributed by atoms with E-state index in [1.165, 1.54) is 24.5 Å². The molecule has 0 N–H and O–H groups in total. The summed E-state index contributed by atoms with van der Waals surface area (Å²) in [5, 5.41) is 0.0602. The molecule has 148 valence electrons. The van der Waals surface area contributed by atoms with Crippen LogP contribution < -0.4 is 4.74 Å². The van der Waals surface area contributed by atoms with E-state index in [1.807, 2.05) is 0 Å². The van der Waals surface area contributed by atoms with Gasteiger partial charge in [0, 0.05) is 53.5 Å². The lowest BCUT2D eigenvalue weighted by molar-refractivity contribution is -0.0503. The second kappa shape index (κ2) is 7.71. The van der Waals surface area contributed by atoms with E-state index in [2.05, 4.69) is 19.7 Å². The summed E-state index contributed by atoms with van der Waals surface area (Å²) >= 11 is 5.71. The highest BCUT2D eigenvalue weighted by atomic mass is 35.5. The molecule has 0 unspecified atom stereocenters. The first-order valence-electron chi connectivity index (χ1n) is 8.60. The Bertz CT molecular complexity index is 1180. The molecular weight excluding hydrogens is 405 g/mol. The van der Waals surface area contributed by atoms with Gasteiger partial charge in [-0.05, 0) is 24.6 Å². The molecule has 4 aromatic rings. The van der Waals surface area contributed by atoms with Gasteiger partial charge in [0.25, 0.3) is 0 Å². The Morgan fingerprint density at radius 2 is 1.90 bits per heavy atom. The second-order valence-corrected chi connectivity index (χ2v) is 6.65. The number of rotatable bonds is 5. The van der Waals surface area contributed by atoms with Crippen molar-refractivity contribution in [3.05, 3.63) is 77.0 Å². The lowest BCUT2D eigenvalue weighted by Gasteiger charge is -2.11. The number of nitrogens with zero attached hydrogens (tertiary/aromatic N) is 4. The van der Waals surface area contributed by atoms with E-state index in [9.17, 15) is 13.2 Å². The quantitative estimate of drug-likeness (QED) is 0.424. The summed E-state index contributed by atoms with van der Waals surface area (Å²) < 4.78 is 46.4. The topological polar surface area (TPSA) is 52.3 Å². The van der Waals surface area contributed by atoms with Crippen LogP contribution in [0.1, 0.15) is 17.0 Å². The van der Waals surface area contributed by atoms with Crippen molar-refractivity contribution in [2.45, 2.75) is 20.0 Å². The molecule has 9 heteroatoms. The standard InChI is InChI=1S/C20H14ClF3N4O/c1-11-16(6-12-4-2-3-5-17(12)29-20(23)24)28-10-14(15(22)7-18(28)27-11)13-8-25-19(21)26-9-13/h2-5,7-10,20H,6H2,1H3. The van der Waals surface area contributed by atoms with Gasteiger partial charge in [0.05, 0.1) is 5.69 Å². The monoisotopic (exact) mass is 418 g/mol. The third kappa shape index (κ3) is 3.88. The second-order valence-electron chi connectivity index (χ2n) is 6.31. The predicted molar refractivity (Wildman–Crippen MR) is 102 cm³/mol. The van der Waals surface area contributed by atoms with E-state index in [0.717, 1.165) is 5.69 Å². The lowest BCUT2D eigenvalue weighted by atomic mass is 10.1. The Morgan fingerprint density at radius 1 is 1.17 bits per heavy atom. The number of hydrogen-bond donors (Lipinski definition) is 0. The smallest absolute Gasteiger partial charge is 0.387 e. The highest BCUT2D eigenvalue weighted by Crippen LogP contribution is 2.28. The number of ether oxygens (including phenoxy) is 1. The summed E-state index contributed by atoms with van der Waals surface area (Å²) in [6, 6.07) is 7.85. The van der Waals surface area contributed by atoms with Gasteiger partial charge >= 0.3 is 6.61 Å². The fourth-order valence-electron chi connectivity index (χ4n) is 3.15. The van der Waals surface area contributed by atoms with Gasteiger partial charge in [-0.3, -0.25) is 0 Å². The summed E-state index contributed by atoms with van der Waals surface area (Å²) in [7, 11) is 0. The minimum absolute atomic E-state index is 0.0602. The number of benzene rings is 1. The molecule has 5 nitrogen and oxygen atoms in total. The highest BCUT2D eigenvalue weighted by Gasteiger charge is 2.17. The molecule has 4 rings (SSSR count). The van der Waals surface area contributed by atoms with E-state index in [1.54, 1.807) is 35.7 Å². The van der Waals surface area contributed by atoms with Crippen molar-refractivity contribution in [3.63, 3.8) is 0 Å². The molecule has 3 heterocycles. The number of alkyl halides is 2. The molecule has 0 saturated heterocycles. The first-order valence-corrected chi connectivity index (χ1v) is 8.98. The molecule has 0 bridgehead atoms. The molecule has 1 aromatic carbocycles. The zero-order valence-corrected chi connectivity index (χ0v) is 15.9. The summed E-state index contributed by atoms with van der Waals surface area (Å²) in [6.07, 6.45) is 4.71. The number of para-hydroxylation sites is 1. The Kier molecular flexibility index (Phi) is 5.10. The van der Waals surface area contributed by atoms with Crippen LogP contribution in [0, 0.1) is 12.7 Å². The Labute approximate surface area is 168 Å². The lowest BCUT2D eigenvalue weighted by Crippen LogP contribution is -2.06. The van der Waals surface area contributed by atoms with Gasteiger partial charge in [-0.2, -0.15) is 8.78 Å². The summed E-state index contributed by atoms with van der Waals surface area (Å²) in [4.78, 5) is 12.2. The zero-order chi connectivity index (χ0) is 20.5. The molecule has 3 aromatic heterocycles. The van der Waals surface area contributed by atoms with E-state index < -0.39 is 12.4 Å². The normalized spacial score (nSPS) is 11.4. The van der Waals surface area contributed by atoms with Crippen molar-refractivity contribution in [3.8, 4) is 16.9 Å². The van der Waals surface area contributed by atoms with Crippen LogP contribution in [0.2, 0.25) is 5.28 Å². The van der Waals surface area contributed by atoms with Crippen molar-refractivity contribution in [1.29, 1.82) is 0 Å². The van der Waals surface area contributed by atoms with Crippen molar-refractivity contribution < 1.29 is 17.9 Å². The zero-order valence-electron chi connectivity index (χ0n) is 15.1. The first kappa shape index (κ1) is 19.2. The van der Waals surface area contributed by atoms with Crippen molar-refractivity contribution in [2.24, 2.45) is 0 Å². The van der Waals surface area contributed by atoms with Crippen LogP contribution in [-0.2, 0) is 6.42 Å². The molecular formula is C20H14ClF3N4O. The summed E-state index contributed by atoms with van der Waals surface area (Å²) in [5.41, 5.74) is 3.07. The first-order chi connectivity index (χ1) is 13.9. The highest BCUT2D eigenvalue weighted by molar-refractivity contribution is 6.28.